The molecule has 20 heavy (non-hydrogen) atoms. The lowest BCUT2D eigenvalue weighted by atomic mass is 9.95. The number of carbonyl (C=O) groups is 1. The van der Waals surface area contributed by atoms with Crippen LogP contribution in [-0.2, 0) is 11.2 Å². The molecule has 1 amide bonds. The van der Waals surface area contributed by atoms with E-state index in [-0.39, 0.29) is 0 Å². The SMILES string of the molecule is CCC(C)c1cccc(CCC(C)N2CCCC2=O)c1. The predicted octanol–water partition coefficient (Wildman–Crippen LogP) is 4.14. The Kier molecular flexibility index (Phi) is 5.22. The lowest BCUT2D eigenvalue weighted by Gasteiger charge is -2.24. The van der Waals surface area contributed by atoms with Crippen LogP contribution >= 0.6 is 0 Å². The molecule has 0 aromatic heterocycles. The summed E-state index contributed by atoms with van der Waals surface area (Å²) in [6, 6.07) is 9.32. The van der Waals surface area contributed by atoms with Crippen molar-refractivity contribution in [2.24, 2.45) is 0 Å². The lowest BCUT2D eigenvalue weighted by molar-refractivity contribution is -0.129. The Morgan fingerprint density at radius 1 is 1.30 bits per heavy atom. The second kappa shape index (κ2) is 6.92. The summed E-state index contributed by atoms with van der Waals surface area (Å²) in [4.78, 5) is 13.8. The van der Waals surface area contributed by atoms with Crippen LogP contribution in [0.5, 0.6) is 0 Å². The number of hydrogen-bond donors (Lipinski definition) is 0. The summed E-state index contributed by atoms with van der Waals surface area (Å²) >= 11 is 0. The summed E-state index contributed by atoms with van der Waals surface area (Å²) in [5, 5.41) is 0. The van der Waals surface area contributed by atoms with Gasteiger partial charge in [-0.25, -0.2) is 0 Å². The Hall–Kier alpha value is -1.31. The fourth-order valence-corrected chi connectivity index (χ4v) is 2.96. The summed E-state index contributed by atoms with van der Waals surface area (Å²) in [5.74, 6) is 0.971. The molecule has 0 aliphatic carbocycles. The maximum absolute atomic E-state index is 11.7. The van der Waals surface area contributed by atoms with Crippen molar-refractivity contribution >= 4 is 5.91 Å². The summed E-state index contributed by atoms with van der Waals surface area (Å²) in [5.41, 5.74) is 2.84. The zero-order valence-corrected chi connectivity index (χ0v) is 13.1. The highest BCUT2D eigenvalue weighted by Gasteiger charge is 2.24. The molecule has 2 atom stereocenters. The fourth-order valence-electron chi connectivity index (χ4n) is 2.96. The molecule has 0 N–H and O–H groups in total. The number of carbonyl (C=O) groups excluding carboxylic acids is 1. The number of aryl methyl sites for hydroxylation is 1. The van der Waals surface area contributed by atoms with Gasteiger partial charge in [0.2, 0.25) is 5.91 Å². The van der Waals surface area contributed by atoms with E-state index >= 15 is 0 Å². The summed E-state index contributed by atoms with van der Waals surface area (Å²) in [6.45, 7) is 7.65. The van der Waals surface area contributed by atoms with Gasteiger partial charge in [-0.05, 0) is 49.7 Å². The van der Waals surface area contributed by atoms with E-state index in [9.17, 15) is 4.79 Å². The van der Waals surface area contributed by atoms with Gasteiger partial charge in [0, 0.05) is 19.0 Å². The van der Waals surface area contributed by atoms with Gasteiger partial charge in [0.1, 0.15) is 0 Å². The van der Waals surface area contributed by atoms with E-state index in [2.05, 4.69) is 49.9 Å². The molecule has 0 saturated carbocycles. The number of nitrogens with zero attached hydrogens (tertiary/aromatic N) is 1. The molecule has 2 rings (SSSR count). The van der Waals surface area contributed by atoms with Gasteiger partial charge in [-0.3, -0.25) is 4.79 Å². The third-order valence-electron chi connectivity index (χ3n) is 4.63. The van der Waals surface area contributed by atoms with Crippen LogP contribution in [0, 0.1) is 0 Å². The number of hydrogen-bond acceptors (Lipinski definition) is 1. The molecule has 1 fully saturated rings. The molecule has 110 valence electrons. The molecular formula is C18H27NO. The van der Waals surface area contributed by atoms with Crippen molar-refractivity contribution in [1.29, 1.82) is 0 Å². The predicted molar refractivity (Wildman–Crippen MR) is 83.9 cm³/mol. The zero-order valence-electron chi connectivity index (χ0n) is 13.1. The standard InChI is InChI=1S/C18H27NO/c1-4-14(2)17-8-5-7-16(13-17)11-10-15(3)19-12-6-9-18(19)20/h5,7-8,13-15H,4,6,9-12H2,1-3H3. The molecule has 1 heterocycles. The van der Waals surface area contributed by atoms with Gasteiger partial charge in [0.15, 0.2) is 0 Å². The molecule has 1 saturated heterocycles. The van der Waals surface area contributed by atoms with Crippen molar-refractivity contribution in [1.82, 2.24) is 4.90 Å². The highest BCUT2D eigenvalue weighted by molar-refractivity contribution is 5.78. The summed E-state index contributed by atoms with van der Waals surface area (Å²) in [6.07, 6.45) is 5.09. The number of amides is 1. The van der Waals surface area contributed by atoms with Crippen LogP contribution in [0.15, 0.2) is 24.3 Å². The van der Waals surface area contributed by atoms with Crippen LogP contribution in [0.2, 0.25) is 0 Å². The van der Waals surface area contributed by atoms with E-state index in [1.54, 1.807) is 0 Å². The Morgan fingerprint density at radius 2 is 2.10 bits per heavy atom. The minimum absolute atomic E-state index is 0.339. The molecule has 1 aromatic carbocycles. The normalized spacial score (nSPS) is 18.4. The molecule has 1 aliphatic rings. The molecule has 0 radical (unpaired) electrons. The summed E-state index contributed by atoms with van der Waals surface area (Å²) in [7, 11) is 0. The minimum atomic E-state index is 0.339. The average Bonchev–Trinajstić information content (AvgIpc) is 2.90. The second-order valence-electron chi connectivity index (χ2n) is 6.13. The van der Waals surface area contributed by atoms with E-state index in [1.807, 2.05) is 0 Å². The average molecular weight is 273 g/mol. The first-order valence-corrected chi connectivity index (χ1v) is 8.00. The maximum atomic E-state index is 11.7. The third-order valence-corrected chi connectivity index (χ3v) is 4.63. The van der Waals surface area contributed by atoms with Crippen molar-refractivity contribution < 1.29 is 4.79 Å². The number of benzene rings is 1. The smallest absolute Gasteiger partial charge is 0.222 e. The Morgan fingerprint density at radius 3 is 2.75 bits per heavy atom. The highest BCUT2D eigenvalue weighted by atomic mass is 16.2. The maximum Gasteiger partial charge on any atom is 0.222 e. The van der Waals surface area contributed by atoms with E-state index in [0.29, 0.717) is 17.9 Å². The largest absolute Gasteiger partial charge is 0.340 e. The van der Waals surface area contributed by atoms with Crippen molar-refractivity contribution in [2.45, 2.75) is 64.8 Å². The van der Waals surface area contributed by atoms with Gasteiger partial charge in [-0.2, -0.15) is 0 Å². The summed E-state index contributed by atoms with van der Waals surface area (Å²) < 4.78 is 0. The monoisotopic (exact) mass is 273 g/mol. The molecule has 0 spiro atoms. The van der Waals surface area contributed by atoms with Crippen molar-refractivity contribution in [3.8, 4) is 0 Å². The van der Waals surface area contributed by atoms with Crippen LogP contribution in [0.1, 0.15) is 63.5 Å². The number of rotatable bonds is 6. The molecule has 1 aromatic rings. The van der Waals surface area contributed by atoms with Gasteiger partial charge >= 0.3 is 0 Å². The van der Waals surface area contributed by atoms with Crippen LogP contribution in [0.25, 0.3) is 0 Å². The Bertz CT molecular complexity index is 454. The van der Waals surface area contributed by atoms with Crippen LogP contribution < -0.4 is 0 Å². The Balaban J connectivity index is 1.92. The minimum Gasteiger partial charge on any atom is -0.340 e. The second-order valence-corrected chi connectivity index (χ2v) is 6.13. The molecule has 2 unspecified atom stereocenters. The molecule has 2 nitrogen and oxygen atoms in total. The van der Waals surface area contributed by atoms with Crippen molar-refractivity contribution in [3.63, 3.8) is 0 Å². The molecule has 2 heteroatoms. The van der Waals surface area contributed by atoms with Crippen molar-refractivity contribution in [3.05, 3.63) is 35.4 Å². The Labute approximate surface area is 123 Å². The van der Waals surface area contributed by atoms with Gasteiger partial charge in [-0.15, -0.1) is 0 Å². The van der Waals surface area contributed by atoms with E-state index < -0.39 is 0 Å². The van der Waals surface area contributed by atoms with Crippen molar-refractivity contribution in [2.75, 3.05) is 6.54 Å². The first kappa shape index (κ1) is 15.1. The topological polar surface area (TPSA) is 20.3 Å². The third kappa shape index (κ3) is 3.62. The first-order valence-electron chi connectivity index (χ1n) is 8.00. The van der Waals surface area contributed by atoms with Crippen LogP contribution in [0.4, 0.5) is 0 Å². The first-order chi connectivity index (χ1) is 9.61. The van der Waals surface area contributed by atoms with E-state index in [4.69, 9.17) is 0 Å². The lowest BCUT2D eigenvalue weighted by Crippen LogP contribution is -2.34. The quantitative estimate of drug-likeness (QED) is 0.762. The fraction of sp³-hybridized carbons (Fsp3) is 0.611. The van der Waals surface area contributed by atoms with Crippen LogP contribution in [0.3, 0.4) is 0 Å². The van der Waals surface area contributed by atoms with E-state index in [0.717, 1.165) is 32.2 Å². The molecule has 1 aliphatic heterocycles. The highest BCUT2D eigenvalue weighted by Crippen LogP contribution is 2.21. The zero-order chi connectivity index (χ0) is 14.5. The van der Waals surface area contributed by atoms with Gasteiger partial charge in [-0.1, -0.05) is 38.1 Å². The molecular weight excluding hydrogens is 246 g/mol. The molecule has 0 bridgehead atoms. The van der Waals surface area contributed by atoms with Gasteiger partial charge in [0.05, 0.1) is 0 Å². The number of likely N-dealkylation sites (tertiary alicyclic amines) is 1. The van der Waals surface area contributed by atoms with Gasteiger partial charge < -0.3 is 4.90 Å². The van der Waals surface area contributed by atoms with E-state index in [1.165, 1.54) is 17.5 Å². The van der Waals surface area contributed by atoms with Gasteiger partial charge in [0.25, 0.3) is 0 Å². The van der Waals surface area contributed by atoms with Crippen LogP contribution in [-0.4, -0.2) is 23.4 Å².